The minimum atomic E-state index is -2.49. The predicted molar refractivity (Wildman–Crippen MR) is 95.8 cm³/mol. The van der Waals surface area contributed by atoms with Crippen LogP contribution in [0, 0.1) is 13.8 Å². The van der Waals surface area contributed by atoms with Gasteiger partial charge in [0.25, 0.3) is 0 Å². The van der Waals surface area contributed by atoms with E-state index in [2.05, 4.69) is 19.9 Å². The summed E-state index contributed by atoms with van der Waals surface area (Å²) in [5.41, 5.74) is 6.58. The van der Waals surface area contributed by atoms with Gasteiger partial charge in [-0.05, 0) is 65.6 Å². The Labute approximate surface area is 138 Å². The third kappa shape index (κ3) is 4.46. The van der Waals surface area contributed by atoms with Crippen LogP contribution in [0.1, 0.15) is 53.1 Å². The Morgan fingerprint density at radius 1 is 1.04 bits per heavy atom. The first-order valence-corrected chi connectivity index (χ1v) is 9.46. The monoisotopic (exact) mass is 332 g/mol. The molecule has 0 saturated carbocycles. The number of hydrogen-bond acceptors (Lipinski definition) is 2. The molecule has 0 aliphatic carbocycles. The van der Waals surface area contributed by atoms with Crippen molar-refractivity contribution in [3.8, 4) is 5.75 Å². The van der Waals surface area contributed by atoms with Crippen LogP contribution in [0.5, 0.6) is 5.75 Å². The number of phenolic OH excluding ortho intramolecular Hbond substituents is 1. The number of aryl methyl sites for hydroxylation is 2. The molecule has 0 aliphatic rings. The zero-order chi connectivity index (χ0) is 17.1. The van der Waals surface area contributed by atoms with E-state index in [0.717, 1.165) is 28.7 Å². The highest BCUT2D eigenvalue weighted by Gasteiger charge is 2.11. The minimum absolute atomic E-state index is 0.239. The van der Waals surface area contributed by atoms with E-state index in [-0.39, 0.29) is 12.1 Å². The Kier molecular flexibility index (Phi) is 5.67. The smallest absolute Gasteiger partial charge is 0.193 e. The molecule has 2 rings (SSSR count). The van der Waals surface area contributed by atoms with Crippen molar-refractivity contribution in [3.05, 3.63) is 63.7 Å². The van der Waals surface area contributed by atoms with Gasteiger partial charge in [-0.15, -0.1) is 0 Å². The van der Waals surface area contributed by atoms with Crippen LogP contribution in [0.2, 0.25) is 0 Å². The quantitative estimate of drug-likeness (QED) is 0.781. The molecule has 0 bridgehead atoms. The first-order chi connectivity index (χ1) is 10.8. The Hall–Kier alpha value is -1.57. The molecule has 4 heteroatoms. The number of rotatable bonds is 5. The SMILES string of the molecule is Cc1cc(C[PH](=O)O)cc(C)c1Cc1ccc(O)c(C(C)C)c1. The molecule has 2 aromatic carbocycles. The average Bonchev–Trinajstić information content (AvgIpc) is 2.43. The molecule has 0 saturated heterocycles. The van der Waals surface area contributed by atoms with Crippen LogP contribution in [0.25, 0.3) is 0 Å². The van der Waals surface area contributed by atoms with E-state index in [1.165, 1.54) is 11.1 Å². The summed E-state index contributed by atoms with van der Waals surface area (Å²) in [6.45, 7) is 8.23. The van der Waals surface area contributed by atoms with Crippen LogP contribution in [0.4, 0.5) is 0 Å². The fourth-order valence-corrected chi connectivity index (χ4v) is 3.57. The van der Waals surface area contributed by atoms with Crippen LogP contribution in [0.15, 0.2) is 30.3 Å². The van der Waals surface area contributed by atoms with Crippen molar-refractivity contribution >= 4 is 8.03 Å². The van der Waals surface area contributed by atoms with Gasteiger partial charge >= 0.3 is 0 Å². The van der Waals surface area contributed by atoms with Crippen molar-refractivity contribution in [1.29, 1.82) is 0 Å². The van der Waals surface area contributed by atoms with Crippen LogP contribution < -0.4 is 0 Å². The lowest BCUT2D eigenvalue weighted by molar-refractivity contribution is 0.464. The van der Waals surface area contributed by atoms with E-state index in [1.54, 1.807) is 6.07 Å². The topological polar surface area (TPSA) is 57.5 Å². The molecule has 0 heterocycles. The van der Waals surface area contributed by atoms with Gasteiger partial charge in [-0.25, -0.2) is 0 Å². The third-order valence-corrected chi connectivity index (χ3v) is 4.92. The maximum absolute atomic E-state index is 11.1. The van der Waals surface area contributed by atoms with Crippen molar-refractivity contribution in [1.82, 2.24) is 0 Å². The molecule has 0 aliphatic heterocycles. The molecule has 0 amide bonds. The highest BCUT2D eigenvalue weighted by molar-refractivity contribution is 7.37. The number of phenols is 1. The van der Waals surface area contributed by atoms with Crippen molar-refractivity contribution < 1.29 is 14.6 Å². The second kappa shape index (κ2) is 7.33. The van der Waals surface area contributed by atoms with Gasteiger partial charge in [0.15, 0.2) is 8.03 Å². The molecule has 2 N–H and O–H groups in total. The molecule has 124 valence electrons. The fraction of sp³-hybridized carbons (Fsp3) is 0.368. The standard InChI is InChI=1S/C19H25O3P/c1-12(2)17-9-15(5-6-19(17)20)10-18-13(3)7-16(8-14(18)4)11-23(21)22/h5-9,12,20,23H,10-11H2,1-4H3,(H,21,22). The average molecular weight is 332 g/mol. The van der Waals surface area contributed by atoms with E-state index in [9.17, 15) is 9.67 Å². The zero-order valence-corrected chi connectivity index (χ0v) is 15.2. The van der Waals surface area contributed by atoms with Gasteiger partial charge in [0.1, 0.15) is 5.75 Å². The molecule has 1 atom stereocenters. The summed E-state index contributed by atoms with van der Waals surface area (Å²) in [7, 11) is -2.49. The highest BCUT2D eigenvalue weighted by atomic mass is 31.1. The number of aromatic hydroxyl groups is 1. The highest BCUT2D eigenvalue weighted by Crippen LogP contribution is 2.29. The summed E-state index contributed by atoms with van der Waals surface area (Å²) in [5, 5.41) is 9.95. The van der Waals surface area contributed by atoms with Gasteiger partial charge in [0, 0.05) is 6.16 Å². The zero-order valence-electron chi connectivity index (χ0n) is 14.2. The molecule has 3 nitrogen and oxygen atoms in total. The van der Waals surface area contributed by atoms with Crippen molar-refractivity contribution in [3.63, 3.8) is 0 Å². The van der Waals surface area contributed by atoms with Gasteiger partial charge in [-0.1, -0.05) is 38.1 Å². The maximum Gasteiger partial charge on any atom is 0.193 e. The third-order valence-electron chi connectivity index (χ3n) is 4.21. The molecule has 2 aromatic rings. The van der Waals surface area contributed by atoms with Gasteiger partial charge < -0.3 is 10.00 Å². The Bertz CT molecular complexity index is 712. The molecular formula is C19H25O3P. The Morgan fingerprint density at radius 3 is 2.17 bits per heavy atom. The summed E-state index contributed by atoms with van der Waals surface area (Å²) in [6, 6.07) is 9.80. The number of hydrogen-bond donors (Lipinski definition) is 2. The van der Waals surface area contributed by atoms with Gasteiger partial charge in [0.2, 0.25) is 0 Å². The van der Waals surface area contributed by atoms with Crippen LogP contribution in [-0.2, 0) is 17.1 Å². The molecule has 0 fully saturated rings. The first-order valence-electron chi connectivity index (χ1n) is 7.90. The van der Waals surface area contributed by atoms with Crippen LogP contribution >= 0.6 is 8.03 Å². The summed E-state index contributed by atoms with van der Waals surface area (Å²) >= 11 is 0. The lowest BCUT2D eigenvalue weighted by Crippen LogP contribution is -1.99. The van der Waals surface area contributed by atoms with Gasteiger partial charge in [-0.2, -0.15) is 0 Å². The van der Waals surface area contributed by atoms with Crippen molar-refractivity contribution in [2.24, 2.45) is 0 Å². The lowest BCUT2D eigenvalue weighted by Gasteiger charge is -2.15. The largest absolute Gasteiger partial charge is 0.508 e. The van der Waals surface area contributed by atoms with Gasteiger partial charge in [0.05, 0.1) is 0 Å². The predicted octanol–water partition coefficient (Wildman–Crippen LogP) is 4.69. The lowest BCUT2D eigenvalue weighted by atomic mass is 9.92. The number of benzene rings is 2. The fourth-order valence-electron chi connectivity index (χ4n) is 3.02. The van der Waals surface area contributed by atoms with Crippen LogP contribution in [0.3, 0.4) is 0 Å². The minimum Gasteiger partial charge on any atom is -0.508 e. The van der Waals surface area contributed by atoms with E-state index < -0.39 is 8.03 Å². The Balaban J connectivity index is 2.33. The summed E-state index contributed by atoms with van der Waals surface area (Å²) in [4.78, 5) is 9.12. The second-order valence-electron chi connectivity index (χ2n) is 6.50. The molecule has 0 radical (unpaired) electrons. The molecule has 0 aromatic heterocycles. The molecular weight excluding hydrogens is 307 g/mol. The summed E-state index contributed by atoms with van der Waals surface area (Å²) in [6.07, 6.45) is 1.04. The first kappa shape index (κ1) is 17.8. The summed E-state index contributed by atoms with van der Waals surface area (Å²) < 4.78 is 11.1. The van der Waals surface area contributed by atoms with E-state index in [0.29, 0.717) is 5.75 Å². The van der Waals surface area contributed by atoms with Crippen LogP contribution in [-0.4, -0.2) is 10.00 Å². The van der Waals surface area contributed by atoms with E-state index >= 15 is 0 Å². The van der Waals surface area contributed by atoms with E-state index in [1.807, 2.05) is 32.0 Å². The molecule has 23 heavy (non-hydrogen) atoms. The molecule has 0 spiro atoms. The van der Waals surface area contributed by atoms with Crippen molar-refractivity contribution in [2.75, 3.05) is 0 Å². The summed E-state index contributed by atoms with van der Waals surface area (Å²) in [5.74, 6) is 0.627. The van der Waals surface area contributed by atoms with Gasteiger partial charge in [-0.3, -0.25) is 4.57 Å². The normalized spacial score (nSPS) is 12.6. The Morgan fingerprint density at radius 2 is 1.65 bits per heavy atom. The maximum atomic E-state index is 11.1. The van der Waals surface area contributed by atoms with E-state index in [4.69, 9.17) is 4.89 Å². The second-order valence-corrected chi connectivity index (χ2v) is 7.64. The van der Waals surface area contributed by atoms with Crippen molar-refractivity contribution in [2.45, 2.75) is 46.2 Å². The molecule has 1 unspecified atom stereocenters.